The van der Waals surface area contributed by atoms with Crippen LogP contribution in [0.5, 0.6) is 0 Å². The van der Waals surface area contributed by atoms with Crippen molar-refractivity contribution < 1.29 is 21.7 Å². The van der Waals surface area contributed by atoms with Crippen molar-refractivity contribution in [3.05, 3.63) is 58.0 Å². The van der Waals surface area contributed by atoms with Gasteiger partial charge in [0.15, 0.2) is 0 Å². The number of nitrogens with zero attached hydrogens (tertiary/aromatic N) is 2. The van der Waals surface area contributed by atoms with Gasteiger partial charge in [0.2, 0.25) is 0 Å². The number of para-hydroxylation sites is 1. The first-order valence-corrected chi connectivity index (χ1v) is 5.82. The molecule has 110 valence electrons. The Hall–Kier alpha value is -0.306. The molecule has 0 unspecified atom stereocenters. The van der Waals surface area contributed by atoms with Gasteiger partial charge in [0.1, 0.15) is 0 Å². The molecule has 2 rings (SSSR count). The zero-order valence-corrected chi connectivity index (χ0v) is 14.5. The van der Waals surface area contributed by atoms with E-state index in [0.717, 1.165) is 12.5 Å². The molecule has 0 saturated heterocycles. The molecule has 1 fully saturated rings. The molecule has 1 saturated carbocycles. The topological polar surface area (TPSA) is 17.3 Å². The summed E-state index contributed by atoms with van der Waals surface area (Å²) in [4.78, 5) is 0. The van der Waals surface area contributed by atoms with E-state index in [9.17, 15) is 0 Å². The predicted molar refractivity (Wildman–Crippen MR) is 84.3 cm³/mol. The third-order valence-electron chi connectivity index (χ3n) is 3.20. The number of anilines is 1. The van der Waals surface area contributed by atoms with Crippen molar-refractivity contribution in [2.24, 2.45) is 5.92 Å². The SMILES string of the molecule is C[N-]N(CC1CCCC1)c1ccccc1.[CH3-].[CH3-].[CH3-].[Ti]. The molecule has 2 nitrogen and oxygen atoms in total. The van der Waals surface area contributed by atoms with Crippen LogP contribution in [0.3, 0.4) is 0 Å². The molecule has 0 aliphatic heterocycles. The van der Waals surface area contributed by atoms with Crippen LogP contribution in [0.1, 0.15) is 25.7 Å². The van der Waals surface area contributed by atoms with Gasteiger partial charge in [-0.1, -0.05) is 31.0 Å². The normalized spacial score (nSPS) is 13.3. The van der Waals surface area contributed by atoms with Crippen LogP contribution < -0.4 is 5.01 Å². The molecule has 0 spiro atoms. The Labute approximate surface area is 135 Å². The Kier molecular flexibility index (Phi) is 15.9. The first kappa shape index (κ1) is 23.8. The minimum Gasteiger partial charge on any atom is -0.571 e. The molecule has 0 bridgehead atoms. The van der Waals surface area contributed by atoms with Crippen LogP contribution in [-0.4, -0.2) is 13.6 Å². The summed E-state index contributed by atoms with van der Waals surface area (Å²) in [6.45, 7) is 1.08. The second kappa shape index (κ2) is 12.7. The van der Waals surface area contributed by atoms with Crippen molar-refractivity contribution in [3.63, 3.8) is 0 Å². The molecule has 0 atom stereocenters. The Balaban J connectivity index is -0.000000640. The van der Waals surface area contributed by atoms with E-state index in [4.69, 9.17) is 0 Å². The van der Waals surface area contributed by atoms with Crippen LogP contribution in [0.25, 0.3) is 5.43 Å². The molecule has 0 N–H and O–H groups in total. The van der Waals surface area contributed by atoms with Gasteiger partial charge >= 0.3 is 0 Å². The summed E-state index contributed by atoms with van der Waals surface area (Å²) in [7, 11) is 1.88. The van der Waals surface area contributed by atoms with Crippen molar-refractivity contribution in [2.75, 3.05) is 18.6 Å². The van der Waals surface area contributed by atoms with E-state index in [1.54, 1.807) is 0 Å². The molecule has 1 aromatic carbocycles. The van der Waals surface area contributed by atoms with E-state index >= 15 is 0 Å². The predicted octanol–water partition coefficient (Wildman–Crippen LogP) is 4.95. The first-order valence-electron chi connectivity index (χ1n) is 5.82. The fourth-order valence-electron chi connectivity index (χ4n) is 2.34. The standard InChI is InChI=1S/C13H19N2.3CH3.Ti/c1-14-15(11-12-7-5-6-8-12)13-9-3-2-4-10-13;;;;/h2-4,9-10,12H,5-8,11H2,1H3;3*1H3;/q4*-1;. The van der Waals surface area contributed by atoms with E-state index in [0.29, 0.717) is 0 Å². The van der Waals surface area contributed by atoms with Crippen molar-refractivity contribution in [2.45, 2.75) is 25.7 Å². The van der Waals surface area contributed by atoms with Gasteiger partial charge in [-0.25, -0.2) is 0 Å². The van der Waals surface area contributed by atoms with Gasteiger partial charge in [-0.05, 0) is 30.9 Å². The summed E-state index contributed by atoms with van der Waals surface area (Å²) in [5.41, 5.74) is 5.57. The Bertz CT molecular complexity index is 284. The Morgan fingerprint density at radius 1 is 1.05 bits per heavy atom. The molecule has 0 heterocycles. The average molecular weight is 296 g/mol. The Morgan fingerprint density at radius 2 is 1.58 bits per heavy atom. The summed E-state index contributed by atoms with van der Waals surface area (Å²) in [6.07, 6.45) is 5.55. The van der Waals surface area contributed by atoms with Gasteiger partial charge in [0, 0.05) is 33.9 Å². The smallest absolute Gasteiger partial charge is 0.0195 e. The van der Waals surface area contributed by atoms with Crippen LogP contribution >= 0.6 is 0 Å². The third kappa shape index (κ3) is 7.15. The molecule has 3 heteroatoms. The minimum absolute atomic E-state index is 0. The van der Waals surface area contributed by atoms with Gasteiger partial charge < -0.3 is 32.7 Å². The van der Waals surface area contributed by atoms with Gasteiger partial charge in [0.25, 0.3) is 0 Å². The van der Waals surface area contributed by atoms with Crippen LogP contribution in [-0.2, 0) is 21.7 Å². The molecule has 19 heavy (non-hydrogen) atoms. The summed E-state index contributed by atoms with van der Waals surface area (Å²) in [5.74, 6) is 0.842. The molecule has 1 aliphatic carbocycles. The second-order valence-electron chi connectivity index (χ2n) is 4.27. The van der Waals surface area contributed by atoms with Gasteiger partial charge in [-0.15, -0.1) is 7.05 Å². The molecule has 1 aliphatic rings. The fraction of sp³-hybridized carbons (Fsp3) is 0.438. The van der Waals surface area contributed by atoms with Crippen LogP contribution in [0.15, 0.2) is 30.3 Å². The van der Waals surface area contributed by atoms with Crippen molar-refractivity contribution in [1.29, 1.82) is 0 Å². The molecule has 1 aromatic rings. The second-order valence-corrected chi connectivity index (χ2v) is 4.27. The zero-order chi connectivity index (χ0) is 10.5. The summed E-state index contributed by atoms with van der Waals surface area (Å²) >= 11 is 0. The fourth-order valence-corrected chi connectivity index (χ4v) is 2.34. The van der Waals surface area contributed by atoms with Crippen molar-refractivity contribution in [3.8, 4) is 0 Å². The maximum Gasteiger partial charge on any atom is 0.0195 e. The summed E-state index contributed by atoms with van der Waals surface area (Å²) in [6, 6.07) is 10.4. The quantitative estimate of drug-likeness (QED) is 0.436. The van der Waals surface area contributed by atoms with Gasteiger partial charge in [0.05, 0.1) is 0 Å². The number of hydrogen-bond acceptors (Lipinski definition) is 1. The average Bonchev–Trinajstić information content (AvgIpc) is 2.80. The largest absolute Gasteiger partial charge is 0.571 e. The van der Waals surface area contributed by atoms with E-state index in [2.05, 4.69) is 34.7 Å². The summed E-state index contributed by atoms with van der Waals surface area (Å²) in [5, 5.41) is 2.13. The van der Waals surface area contributed by atoms with Gasteiger partial charge in [-0.2, -0.15) is 0 Å². The van der Waals surface area contributed by atoms with Crippen molar-refractivity contribution >= 4 is 5.69 Å². The molecule has 0 radical (unpaired) electrons. The zero-order valence-electron chi connectivity index (χ0n) is 12.9. The van der Waals surface area contributed by atoms with Crippen LogP contribution in [0.4, 0.5) is 5.69 Å². The Morgan fingerprint density at radius 3 is 2.05 bits per heavy atom. The third-order valence-corrected chi connectivity index (χ3v) is 3.20. The van der Waals surface area contributed by atoms with E-state index < -0.39 is 0 Å². The number of hydrogen-bond donors (Lipinski definition) is 0. The number of benzene rings is 1. The van der Waals surface area contributed by atoms with Crippen LogP contribution in [0.2, 0.25) is 0 Å². The molecule has 0 amide bonds. The maximum atomic E-state index is 4.36. The maximum absolute atomic E-state index is 4.36. The molecule has 0 aromatic heterocycles. The van der Waals surface area contributed by atoms with E-state index in [1.807, 2.05) is 13.1 Å². The summed E-state index contributed by atoms with van der Waals surface area (Å²) < 4.78 is 0. The number of rotatable bonds is 4. The molecular formula is C16H28N2Ti-4. The van der Waals surface area contributed by atoms with Crippen molar-refractivity contribution in [1.82, 2.24) is 0 Å². The first-order chi connectivity index (χ1) is 7.40. The molecular weight excluding hydrogens is 268 g/mol. The van der Waals surface area contributed by atoms with Gasteiger partial charge in [-0.3, -0.25) is 0 Å². The van der Waals surface area contributed by atoms with E-state index in [1.165, 1.54) is 31.4 Å². The van der Waals surface area contributed by atoms with E-state index in [-0.39, 0.29) is 44.0 Å². The van der Waals surface area contributed by atoms with Crippen LogP contribution in [0, 0.1) is 28.2 Å². The minimum atomic E-state index is 0. The monoisotopic (exact) mass is 296 g/mol.